The summed E-state index contributed by atoms with van der Waals surface area (Å²) in [5.41, 5.74) is 3.00. The third-order valence-corrected chi connectivity index (χ3v) is 4.47. The van der Waals surface area contributed by atoms with Gasteiger partial charge >= 0.3 is 6.18 Å². The van der Waals surface area contributed by atoms with Crippen molar-refractivity contribution in [3.05, 3.63) is 64.7 Å². The Kier molecular flexibility index (Phi) is 5.76. The van der Waals surface area contributed by atoms with Gasteiger partial charge in [-0.3, -0.25) is 14.2 Å². The highest BCUT2D eigenvalue weighted by Crippen LogP contribution is 2.28. The summed E-state index contributed by atoms with van der Waals surface area (Å²) in [7, 11) is 0. The van der Waals surface area contributed by atoms with E-state index in [9.17, 15) is 18.0 Å². The molecule has 0 aliphatic carbocycles. The van der Waals surface area contributed by atoms with Crippen LogP contribution in [0.15, 0.2) is 36.4 Å². The first-order valence-electron chi connectivity index (χ1n) is 9.13. The van der Waals surface area contributed by atoms with Crippen molar-refractivity contribution in [2.24, 2.45) is 0 Å². The van der Waals surface area contributed by atoms with Crippen molar-refractivity contribution in [3.63, 3.8) is 0 Å². The Morgan fingerprint density at radius 3 is 2.38 bits per heavy atom. The van der Waals surface area contributed by atoms with Gasteiger partial charge in [-0.1, -0.05) is 12.1 Å². The van der Waals surface area contributed by atoms with E-state index in [4.69, 9.17) is 0 Å². The highest BCUT2D eigenvalue weighted by Gasteiger charge is 2.34. The highest BCUT2D eigenvalue weighted by molar-refractivity contribution is 5.90. The first-order chi connectivity index (χ1) is 13.6. The van der Waals surface area contributed by atoms with E-state index < -0.39 is 11.9 Å². The number of rotatable bonds is 6. The van der Waals surface area contributed by atoms with E-state index in [0.29, 0.717) is 17.9 Å². The lowest BCUT2D eigenvalue weighted by molar-refractivity contribution is -0.141. The van der Waals surface area contributed by atoms with E-state index in [1.165, 1.54) is 11.6 Å². The molecule has 2 heterocycles. The maximum atomic E-state index is 12.7. The van der Waals surface area contributed by atoms with Crippen LogP contribution < -0.4 is 5.32 Å². The molecule has 0 aliphatic rings. The average molecular weight is 405 g/mol. The summed E-state index contributed by atoms with van der Waals surface area (Å²) < 4.78 is 41.3. The molecule has 2 aromatic heterocycles. The van der Waals surface area contributed by atoms with Gasteiger partial charge in [0.15, 0.2) is 5.69 Å². The Morgan fingerprint density at radius 2 is 1.76 bits per heavy atom. The molecular formula is C20H22F3N5O. The monoisotopic (exact) mass is 405 g/mol. The summed E-state index contributed by atoms with van der Waals surface area (Å²) in [5.74, 6) is -0.295. The Labute approximate surface area is 166 Å². The lowest BCUT2D eigenvalue weighted by Crippen LogP contribution is -2.16. The number of benzene rings is 1. The van der Waals surface area contributed by atoms with Gasteiger partial charge in [0.2, 0.25) is 5.91 Å². The van der Waals surface area contributed by atoms with Crippen LogP contribution >= 0.6 is 0 Å². The number of amides is 1. The molecule has 0 bridgehead atoms. The van der Waals surface area contributed by atoms with Gasteiger partial charge in [0, 0.05) is 30.0 Å². The molecule has 0 fully saturated rings. The third kappa shape index (κ3) is 5.24. The van der Waals surface area contributed by atoms with Gasteiger partial charge in [0.1, 0.15) is 0 Å². The van der Waals surface area contributed by atoms with Gasteiger partial charge < -0.3 is 5.32 Å². The minimum Gasteiger partial charge on any atom is -0.326 e. The summed E-state index contributed by atoms with van der Waals surface area (Å²) in [6.45, 7) is 6.09. The number of halogens is 3. The molecular weight excluding hydrogens is 383 g/mol. The molecule has 1 amide bonds. The molecule has 154 valence electrons. The van der Waals surface area contributed by atoms with E-state index in [0.717, 1.165) is 23.0 Å². The second-order valence-electron chi connectivity index (χ2n) is 6.98. The van der Waals surface area contributed by atoms with Crippen LogP contribution in [-0.2, 0) is 24.1 Å². The van der Waals surface area contributed by atoms with Crippen molar-refractivity contribution in [1.82, 2.24) is 19.6 Å². The molecule has 0 radical (unpaired) electrons. The molecule has 3 aromatic rings. The number of aromatic nitrogens is 4. The fourth-order valence-corrected chi connectivity index (χ4v) is 3.06. The van der Waals surface area contributed by atoms with Gasteiger partial charge in [0.05, 0.1) is 12.2 Å². The fourth-order valence-electron chi connectivity index (χ4n) is 3.06. The zero-order chi connectivity index (χ0) is 21.2. The largest absolute Gasteiger partial charge is 0.435 e. The summed E-state index contributed by atoms with van der Waals surface area (Å²) in [4.78, 5) is 12.2. The molecule has 0 saturated heterocycles. The zero-order valence-corrected chi connectivity index (χ0v) is 16.4. The van der Waals surface area contributed by atoms with Crippen LogP contribution in [0.5, 0.6) is 0 Å². The van der Waals surface area contributed by atoms with Crippen LogP contribution in [0.3, 0.4) is 0 Å². The molecule has 9 heteroatoms. The Morgan fingerprint density at radius 1 is 1.03 bits per heavy atom. The quantitative estimate of drug-likeness (QED) is 0.672. The summed E-state index contributed by atoms with van der Waals surface area (Å²) >= 11 is 0. The smallest absolute Gasteiger partial charge is 0.326 e. The second kappa shape index (κ2) is 8.10. The Balaban J connectivity index is 1.60. The van der Waals surface area contributed by atoms with Crippen LogP contribution in [0.4, 0.5) is 18.9 Å². The van der Waals surface area contributed by atoms with Gasteiger partial charge in [-0.25, -0.2) is 0 Å². The Hall–Kier alpha value is -3.10. The predicted octanol–water partition coefficient (Wildman–Crippen LogP) is 4.10. The van der Waals surface area contributed by atoms with Crippen LogP contribution in [0.25, 0.3) is 0 Å². The maximum absolute atomic E-state index is 12.7. The van der Waals surface area contributed by atoms with Crippen molar-refractivity contribution in [2.75, 3.05) is 5.32 Å². The van der Waals surface area contributed by atoms with E-state index in [1.54, 1.807) is 6.07 Å². The van der Waals surface area contributed by atoms with Gasteiger partial charge in [0.25, 0.3) is 0 Å². The van der Waals surface area contributed by atoms with E-state index in [2.05, 4.69) is 15.5 Å². The molecule has 0 spiro atoms. The molecule has 0 unspecified atom stereocenters. The SMILES string of the molecule is Cc1cc(C)n(Cc2cccc(NC(=O)CCn3nc(C(F)(F)F)cc3C)c2)n1. The number of nitrogens with zero attached hydrogens (tertiary/aromatic N) is 4. The second-order valence-corrected chi connectivity index (χ2v) is 6.98. The summed E-state index contributed by atoms with van der Waals surface area (Å²) in [6.07, 6.45) is -4.48. The number of aryl methyl sites for hydroxylation is 4. The Bertz CT molecular complexity index is 1020. The summed E-state index contributed by atoms with van der Waals surface area (Å²) in [5, 5.41) is 10.7. The van der Waals surface area contributed by atoms with Gasteiger partial charge in [-0.05, 0) is 50.6 Å². The number of anilines is 1. The van der Waals surface area contributed by atoms with Gasteiger partial charge in [-0.15, -0.1) is 0 Å². The fraction of sp³-hybridized carbons (Fsp3) is 0.350. The first-order valence-corrected chi connectivity index (χ1v) is 9.13. The predicted molar refractivity (Wildman–Crippen MR) is 102 cm³/mol. The van der Waals surface area contributed by atoms with Crippen molar-refractivity contribution >= 4 is 11.6 Å². The topological polar surface area (TPSA) is 64.7 Å². The van der Waals surface area contributed by atoms with E-state index >= 15 is 0 Å². The zero-order valence-electron chi connectivity index (χ0n) is 16.4. The number of carbonyl (C=O) groups excluding carboxylic acids is 1. The number of alkyl halides is 3. The molecule has 0 atom stereocenters. The molecule has 29 heavy (non-hydrogen) atoms. The van der Waals surface area contributed by atoms with Gasteiger partial charge in [-0.2, -0.15) is 23.4 Å². The summed E-state index contributed by atoms with van der Waals surface area (Å²) in [6, 6.07) is 10.4. The van der Waals surface area contributed by atoms with E-state index in [-0.39, 0.29) is 18.9 Å². The number of hydrogen-bond acceptors (Lipinski definition) is 3. The van der Waals surface area contributed by atoms with Crippen molar-refractivity contribution in [2.45, 2.75) is 46.5 Å². The number of nitrogens with one attached hydrogen (secondary N) is 1. The molecule has 0 aliphatic heterocycles. The van der Waals surface area contributed by atoms with Crippen molar-refractivity contribution in [3.8, 4) is 0 Å². The molecule has 0 saturated carbocycles. The normalized spacial score (nSPS) is 11.7. The number of hydrogen-bond donors (Lipinski definition) is 1. The maximum Gasteiger partial charge on any atom is 0.435 e. The lowest BCUT2D eigenvalue weighted by atomic mass is 10.2. The minimum absolute atomic E-state index is 0.0154. The molecule has 3 rings (SSSR count). The van der Waals surface area contributed by atoms with Crippen LogP contribution in [0.2, 0.25) is 0 Å². The first kappa shape index (κ1) is 20.6. The minimum atomic E-state index is -4.50. The third-order valence-electron chi connectivity index (χ3n) is 4.47. The molecule has 1 N–H and O–H groups in total. The van der Waals surface area contributed by atoms with Crippen LogP contribution in [0, 0.1) is 20.8 Å². The van der Waals surface area contributed by atoms with Crippen molar-refractivity contribution < 1.29 is 18.0 Å². The lowest BCUT2D eigenvalue weighted by Gasteiger charge is -2.09. The average Bonchev–Trinajstić information content (AvgIpc) is 3.15. The van der Waals surface area contributed by atoms with Crippen molar-refractivity contribution in [1.29, 1.82) is 0 Å². The highest BCUT2D eigenvalue weighted by atomic mass is 19.4. The standard InChI is InChI=1S/C20H22F3N5O/c1-13-9-14(2)28(25-13)12-16-5-4-6-17(11-16)24-19(29)7-8-27-15(3)10-18(26-27)20(21,22)23/h4-6,9-11H,7-8,12H2,1-3H3,(H,24,29). The van der Waals surface area contributed by atoms with Crippen LogP contribution in [0.1, 0.15) is 34.8 Å². The molecule has 6 nitrogen and oxygen atoms in total. The molecule has 1 aromatic carbocycles. The van der Waals surface area contributed by atoms with E-state index in [1.807, 2.05) is 42.8 Å². The van der Waals surface area contributed by atoms with Crippen LogP contribution in [-0.4, -0.2) is 25.5 Å². The number of carbonyl (C=O) groups is 1.